The van der Waals surface area contributed by atoms with Gasteiger partial charge in [-0.2, -0.15) is 0 Å². The molecule has 2 aliphatic rings. The van der Waals surface area contributed by atoms with Crippen molar-refractivity contribution >= 4 is 39.9 Å². The number of carbonyl (C=O) groups is 2. The predicted octanol–water partition coefficient (Wildman–Crippen LogP) is 4.37. The van der Waals surface area contributed by atoms with Crippen LogP contribution in [-0.4, -0.2) is 21.7 Å². The fourth-order valence-corrected chi connectivity index (χ4v) is 4.83. The molecule has 1 N–H and O–H groups in total. The van der Waals surface area contributed by atoms with Crippen molar-refractivity contribution < 1.29 is 9.59 Å². The van der Waals surface area contributed by atoms with Gasteiger partial charge in [0.2, 0.25) is 5.91 Å². The third-order valence-corrected chi connectivity index (χ3v) is 6.04. The van der Waals surface area contributed by atoms with E-state index >= 15 is 0 Å². The van der Waals surface area contributed by atoms with Crippen molar-refractivity contribution in [2.24, 2.45) is 5.92 Å². The van der Waals surface area contributed by atoms with Crippen molar-refractivity contribution in [2.75, 3.05) is 5.32 Å². The van der Waals surface area contributed by atoms with E-state index in [1.165, 1.54) is 6.92 Å². The Kier molecular flexibility index (Phi) is 3.62. The highest BCUT2D eigenvalue weighted by molar-refractivity contribution is 8.02. The number of pyridine rings is 2. The van der Waals surface area contributed by atoms with E-state index in [0.29, 0.717) is 5.69 Å². The van der Waals surface area contributed by atoms with Gasteiger partial charge in [0.25, 0.3) is 0 Å². The molecule has 1 aliphatic heterocycles. The Balaban J connectivity index is 1.66. The van der Waals surface area contributed by atoms with Gasteiger partial charge in [-0.05, 0) is 35.1 Å². The Morgan fingerprint density at radius 3 is 2.78 bits per heavy atom. The number of fused-ring (bicyclic) bond motifs is 2. The minimum absolute atomic E-state index is 0.00954. The summed E-state index contributed by atoms with van der Waals surface area (Å²) in [7, 11) is 0. The second-order valence-electron chi connectivity index (χ2n) is 6.68. The number of hydrogen-bond acceptors (Lipinski definition) is 5. The van der Waals surface area contributed by atoms with Gasteiger partial charge < -0.3 is 5.32 Å². The molecule has 2 unspecified atom stereocenters. The first kappa shape index (κ1) is 16.2. The van der Waals surface area contributed by atoms with Crippen LogP contribution in [0, 0.1) is 5.92 Å². The van der Waals surface area contributed by atoms with Gasteiger partial charge in [0.05, 0.1) is 22.6 Å². The highest BCUT2D eigenvalue weighted by Crippen LogP contribution is 2.49. The number of amides is 1. The number of carbonyl (C=O) groups excluding carboxylic acids is 2. The first-order chi connectivity index (χ1) is 13.1. The fourth-order valence-electron chi connectivity index (χ4n) is 3.72. The van der Waals surface area contributed by atoms with Gasteiger partial charge in [-0.15, -0.1) is 11.8 Å². The first-order valence-electron chi connectivity index (χ1n) is 8.66. The summed E-state index contributed by atoms with van der Waals surface area (Å²) in [6, 6.07) is 11.5. The summed E-state index contributed by atoms with van der Waals surface area (Å²) in [6.45, 7) is 1.49. The number of hydrogen-bond donors (Lipinski definition) is 1. The Morgan fingerprint density at radius 1 is 1.19 bits per heavy atom. The number of ketones is 1. The van der Waals surface area contributed by atoms with E-state index in [0.717, 1.165) is 33.4 Å². The zero-order chi connectivity index (χ0) is 18.5. The van der Waals surface area contributed by atoms with Crippen LogP contribution in [-0.2, 0) is 4.79 Å². The van der Waals surface area contributed by atoms with Crippen LogP contribution < -0.4 is 5.32 Å². The van der Waals surface area contributed by atoms with Crippen LogP contribution in [0.2, 0.25) is 0 Å². The van der Waals surface area contributed by atoms with E-state index in [4.69, 9.17) is 4.98 Å². The lowest BCUT2D eigenvalue weighted by Crippen LogP contribution is -2.24. The molecule has 2 aromatic heterocycles. The van der Waals surface area contributed by atoms with Crippen LogP contribution in [0.4, 0.5) is 5.69 Å². The third-order valence-electron chi connectivity index (χ3n) is 4.92. The molecule has 5 rings (SSSR count). The minimum Gasteiger partial charge on any atom is -0.326 e. The molecule has 0 saturated heterocycles. The topological polar surface area (TPSA) is 72.0 Å². The number of anilines is 1. The predicted molar refractivity (Wildman–Crippen MR) is 107 cm³/mol. The number of aromatic nitrogens is 2. The first-order valence-corrected chi connectivity index (χ1v) is 9.60. The molecule has 1 aromatic carbocycles. The van der Waals surface area contributed by atoms with Crippen LogP contribution in [0.1, 0.15) is 28.4 Å². The van der Waals surface area contributed by atoms with Crippen LogP contribution in [0.5, 0.6) is 0 Å². The Labute approximate surface area is 159 Å². The van der Waals surface area contributed by atoms with Crippen LogP contribution in [0.25, 0.3) is 22.0 Å². The Bertz CT molecular complexity index is 1140. The number of Topliss-reactive ketones (excluding diaryl/α,β-unsaturated/α-hetero) is 1. The van der Waals surface area contributed by atoms with E-state index < -0.39 is 0 Å². The third kappa shape index (κ3) is 2.56. The second-order valence-corrected chi connectivity index (χ2v) is 7.74. The SMILES string of the molecule is CC(=O)Nc1ccc(-c2cc3ccnc4c3c(n2)C2SC=CC2C4=O)cc1. The maximum Gasteiger partial charge on any atom is 0.221 e. The van der Waals surface area contributed by atoms with E-state index in [9.17, 15) is 9.59 Å². The molecule has 0 radical (unpaired) electrons. The standard InChI is InChI=1S/C21H15N3O2S/c1-11(25)23-14-4-2-12(3-5-14)16-10-13-6-8-22-18-17(13)19(24-16)21-15(20(18)26)7-9-27-21/h2-10,15,21H,1H3,(H,23,25). The highest BCUT2D eigenvalue weighted by Gasteiger charge is 2.40. The molecule has 2 atom stereocenters. The molecule has 0 spiro atoms. The molecule has 3 aromatic rings. The fraction of sp³-hybridized carbons (Fsp3) is 0.143. The molecule has 1 amide bonds. The monoisotopic (exact) mass is 373 g/mol. The number of nitrogens with one attached hydrogen (secondary N) is 1. The van der Waals surface area contributed by atoms with Gasteiger partial charge in [0, 0.05) is 29.8 Å². The molecule has 0 saturated carbocycles. The summed E-state index contributed by atoms with van der Waals surface area (Å²) in [5, 5.41) is 6.62. The molecule has 3 heterocycles. The summed E-state index contributed by atoms with van der Waals surface area (Å²) in [5.41, 5.74) is 4.02. The number of allylic oxidation sites excluding steroid dienone is 1. The Morgan fingerprint density at radius 2 is 2.00 bits per heavy atom. The van der Waals surface area contributed by atoms with Crippen LogP contribution in [0.15, 0.2) is 54.1 Å². The van der Waals surface area contributed by atoms with Crippen LogP contribution in [0.3, 0.4) is 0 Å². The molecular weight excluding hydrogens is 358 g/mol. The maximum atomic E-state index is 12.8. The van der Waals surface area contributed by atoms with Gasteiger partial charge in [0.1, 0.15) is 5.69 Å². The van der Waals surface area contributed by atoms with Crippen molar-refractivity contribution in [3.8, 4) is 11.3 Å². The van der Waals surface area contributed by atoms with Crippen molar-refractivity contribution in [1.29, 1.82) is 0 Å². The quantitative estimate of drug-likeness (QED) is 0.722. The second kappa shape index (κ2) is 6.03. The molecule has 27 heavy (non-hydrogen) atoms. The summed E-state index contributed by atoms with van der Waals surface area (Å²) in [4.78, 5) is 33.3. The highest BCUT2D eigenvalue weighted by atomic mass is 32.2. The smallest absolute Gasteiger partial charge is 0.221 e. The normalized spacial score (nSPS) is 20.0. The zero-order valence-corrected chi connectivity index (χ0v) is 15.3. The van der Waals surface area contributed by atoms with E-state index in [2.05, 4.69) is 10.3 Å². The average molecular weight is 373 g/mol. The van der Waals surface area contributed by atoms with Crippen LogP contribution >= 0.6 is 11.8 Å². The molecule has 0 fully saturated rings. The van der Waals surface area contributed by atoms with Gasteiger partial charge >= 0.3 is 0 Å². The van der Waals surface area contributed by atoms with Crippen molar-refractivity contribution in [3.63, 3.8) is 0 Å². The van der Waals surface area contributed by atoms with E-state index in [1.54, 1.807) is 18.0 Å². The van der Waals surface area contributed by atoms with Gasteiger partial charge in [-0.3, -0.25) is 19.6 Å². The minimum atomic E-state index is -0.189. The summed E-state index contributed by atoms with van der Waals surface area (Å²) in [6.07, 6.45) is 3.65. The van der Waals surface area contributed by atoms with E-state index in [1.807, 2.05) is 47.9 Å². The largest absolute Gasteiger partial charge is 0.326 e. The molecular formula is C21H15N3O2S. The summed E-state index contributed by atoms with van der Waals surface area (Å²) < 4.78 is 0. The van der Waals surface area contributed by atoms with Crippen molar-refractivity contribution in [3.05, 3.63) is 65.5 Å². The van der Waals surface area contributed by atoms with Crippen molar-refractivity contribution in [1.82, 2.24) is 9.97 Å². The van der Waals surface area contributed by atoms with E-state index in [-0.39, 0.29) is 22.9 Å². The molecule has 0 bridgehead atoms. The molecule has 6 heteroatoms. The number of thioether (sulfide) groups is 1. The number of rotatable bonds is 2. The maximum absolute atomic E-state index is 12.8. The Hall–Kier alpha value is -2.99. The van der Waals surface area contributed by atoms with Gasteiger partial charge in [0.15, 0.2) is 5.78 Å². The average Bonchev–Trinajstić information content (AvgIpc) is 3.16. The van der Waals surface area contributed by atoms with Gasteiger partial charge in [-0.1, -0.05) is 18.2 Å². The summed E-state index contributed by atoms with van der Waals surface area (Å²) in [5.74, 6) is -0.212. The number of benzene rings is 1. The number of nitrogens with zero attached hydrogens (tertiary/aromatic N) is 2. The van der Waals surface area contributed by atoms with Gasteiger partial charge in [-0.25, -0.2) is 0 Å². The molecule has 5 nitrogen and oxygen atoms in total. The zero-order valence-electron chi connectivity index (χ0n) is 14.5. The lowest BCUT2D eigenvalue weighted by atomic mass is 9.85. The molecule has 1 aliphatic carbocycles. The lowest BCUT2D eigenvalue weighted by molar-refractivity contribution is -0.114. The molecule has 132 valence electrons. The summed E-state index contributed by atoms with van der Waals surface area (Å²) >= 11 is 1.64. The van der Waals surface area contributed by atoms with Crippen molar-refractivity contribution in [2.45, 2.75) is 12.2 Å². The lowest BCUT2D eigenvalue weighted by Gasteiger charge is -2.25.